The van der Waals surface area contributed by atoms with Crippen LogP contribution in [0.4, 0.5) is 0 Å². The van der Waals surface area contributed by atoms with Gasteiger partial charge >= 0.3 is 11.9 Å². The van der Waals surface area contributed by atoms with Crippen molar-refractivity contribution >= 4 is 17.9 Å². The molecule has 2 aromatic carbocycles. The average Bonchev–Trinajstić information content (AvgIpc) is 2.76. The van der Waals surface area contributed by atoms with Gasteiger partial charge in [0.1, 0.15) is 19.1 Å². The van der Waals surface area contributed by atoms with Crippen LogP contribution in [0.2, 0.25) is 0 Å². The lowest BCUT2D eigenvalue weighted by atomic mass is 9.84. The summed E-state index contributed by atoms with van der Waals surface area (Å²) in [6.45, 7) is 7.29. The number of hydrogen-bond donors (Lipinski definition) is 2. The van der Waals surface area contributed by atoms with Crippen LogP contribution in [0.5, 0.6) is 0 Å². The van der Waals surface area contributed by atoms with Crippen LogP contribution in [-0.2, 0) is 32.3 Å². The van der Waals surface area contributed by atoms with E-state index in [1.807, 2.05) is 36.4 Å². The van der Waals surface area contributed by atoms with Crippen LogP contribution in [0, 0.1) is 5.92 Å². The maximum absolute atomic E-state index is 13.0. The van der Waals surface area contributed by atoms with Crippen molar-refractivity contribution in [1.82, 2.24) is 0 Å². The zero-order chi connectivity index (χ0) is 22.0. The van der Waals surface area contributed by atoms with Crippen molar-refractivity contribution in [2.75, 3.05) is 0 Å². The fourth-order valence-electron chi connectivity index (χ4n) is 2.82. The number of guanidine groups is 1. The molecule has 0 saturated heterocycles. The number of ether oxygens (including phenoxy) is 2. The van der Waals surface area contributed by atoms with Gasteiger partial charge in [0.05, 0.1) is 0 Å². The predicted octanol–water partition coefficient (Wildman–Crippen LogP) is 2.47. The number of rotatable bonds is 10. The molecule has 0 aliphatic rings. The van der Waals surface area contributed by atoms with Gasteiger partial charge in [-0.3, -0.25) is 4.79 Å². The molecule has 0 aromatic heterocycles. The van der Waals surface area contributed by atoms with Crippen LogP contribution < -0.4 is 11.5 Å². The lowest BCUT2D eigenvalue weighted by molar-refractivity contribution is -0.159. The standard InChI is InChI=1S/C23H25N3O4/c1-3-19(20(27)29-15-17-11-7-5-8-12-17)23(4-2,26-22(24)25)21(28)30-16-18-13-9-6-10-14-18/h3-14,19H,1-2,15-16H2,(H4,24,25,26). The first-order valence-corrected chi connectivity index (χ1v) is 9.21. The SMILES string of the molecule is C=CC(C(=O)OCc1ccccc1)C(C=C)(N=C(N)N)C(=O)OCc1ccccc1. The summed E-state index contributed by atoms with van der Waals surface area (Å²) >= 11 is 0. The molecule has 4 N–H and O–H groups in total. The second-order valence-corrected chi connectivity index (χ2v) is 6.43. The smallest absolute Gasteiger partial charge is 0.339 e. The maximum Gasteiger partial charge on any atom is 0.339 e. The first kappa shape index (κ1) is 22.4. The number of aliphatic imine (C=N–C) groups is 1. The van der Waals surface area contributed by atoms with Crippen molar-refractivity contribution in [2.45, 2.75) is 18.8 Å². The average molecular weight is 407 g/mol. The Kier molecular flexibility index (Phi) is 7.93. The second kappa shape index (κ2) is 10.6. The summed E-state index contributed by atoms with van der Waals surface area (Å²) in [6, 6.07) is 18.2. The summed E-state index contributed by atoms with van der Waals surface area (Å²) in [5.41, 5.74) is 10.7. The van der Waals surface area contributed by atoms with E-state index in [9.17, 15) is 9.59 Å². The fourth-order valence-corrected chi connectivity index (χ4v) is 2.82. The lowest BCUT2D eigenvalue weighted by Crippen LogP contribution is -2.49. The topological polar surface area (TPSA) is 117 Å². The molecule has 0 amide bonds. The van der Waals surface area contributed by atoms with Crippen molar-refractivity contribution in [3.8, 4) is 0 Å². The lowest BCUT2D eigenvalue weighted by Gasteiger charge is -2.29. The highest BCUT2D eigenvalue weighted by Crippen LogP contribution is 2.29. The van der Waals surface area contributed by atoms with Crippen LogP contribution in [0.25, 0.3) is 0 Å². The molecule has 7 heteroatoms. The summed E-state index contributed by atoms with van der Waals surface area (Å²) in [5.74, 6) is -3.25. The van der Waals surface area contributed by atoms with E-state index in [-0.39, 0.29) is 13.2 Å². The minimum absolute atomic E-state index is 0.0120. The van der Waals surface area contributed by atoms with Gasteiger partial charge in [0.25, 0.3) is 0 Å². The van der Waals surface area contributed by atoms with Gasteiger partial charge in [0.15, 0.2) is 11.5 Å². The minimum Gasteiger partial charge on any atom is -0.460 e. The minimum atomic E-state index is -1.91. The zero-order valence-corrected chi connectivity index (χ0v) is 16.6. The largest absolute Gasteiger partial charge is 0.460 e. The van der Waals surface area contributed by atoms with E-state index in [0.29, 0.717) is 0 Å². The third-order valence-electron chi connectivity index (χ3n) is 4.35. The van der Waals surface area contributed by atoms with Crippen LogP contribution >= 0.6 is 0 Å². The van der Waals surface area contributed by atoms with Crippen LogP contribution in [0.3, 0.4) is 0 Å². The van der Waals surface area contributed by atoms with Crippen molar-refractivity contribution < 1.29 is 19.1 Å². The van der Waals surface area contributed by atoms with Gasteiger partial charge in [0.2, 0.25) is 0 Å². The van der Waals surface area contributed by atoms with Crippen molar-refractivity contribution in [3.63, 3.8) is 0 Å². The van der Waals surface area contributed by atoms with Gasteiger partial charge < -0.3 is 20.9 Å². The van der Waals surface area contributed by atoms with E-state index in [1.54, 1.807) is 24.3 Å². The summed E-state index contributed by atoms with van der Waals surface area (Å²) in [7, 11) is 0. The Balaban J connectivity index is 2.25. The summed E-state index contributed by atoms with van der Waals surface area (Å²) < 4.78 is 10.8. The maximum atomic E-state index is 13.0. The molecule has 0 aliphatic heterocycles. The van der Waals surface area contributed by atoms with Crippen LogP contribution in [-0.4, -0.2) is 23.4 Å². The molecule has 0 heterocycles. The van der Waals surface area contributed by atoms with Crippen LogP contribution in [0.1, 0.15) is 11.1 Å². The normalized spacial score (nSPS) is 13.2. The molecule has 2 aromatic rings. The monoisotopic (exact) mass is 407 g/mol. The first-order valence-electron chi connectivity index (χ1n) is 9.21. The summed E-state index contributed by atoms with van der Waals surface area (Å²) in [6.07, 6.45) is 2.40. The molecular formula is C23H25N3O4. The van der Waals surface area contributed by atoms with E-state index in [4.69, 9.17) is 20.9 Å². The van der Waals surface area contributed by atoms with Crippen molar-refractivity contribution in [3.05, 3.63) is 97.1 Å². The first-order chi connectivity index (χ1) is 14.4. The summed E-state index contributed by atoms with van der Waals surface area (Å²) in [5, 5.41) is 0. The molecule has 2 unspecified atom stereocenters. The molecule has 0 fully saturated rings. The Bertz CT molecular complexity index is 909. The molecule has 2 atom stereocenters. The fraction of sp³-hybridized carbons (Fsp3) is 0.174. The Morgan fingerprint density at radius 1 is 0.933 bits per heavy atom. The third kappa shape index (κ3) is 5.57. The molecule has 7 nitrogen and oxygen atoms in total. The third-order valence-corrected chi connectivity index (χ3v) is 4.35. The van der Waals surface area contributed by atoms with Gasteiger partial charge in [-0.1, -0.05) is 72.8 Å². The number of nitrogens with zero attached hydrogens (tertiary/aromatic N) is 1. The van der Waals surface area contributed by atoms with Crippen molar-refractivity contribution in [1.29, 1.82) is 0 Å². The summed E-state index contributed by atoms with van der Waals surface area (Å²) in [4.78, 5) is 29.8. The predicted molar refractivity (Wildman–Crippen MR) is 115 cm³/mol. The molecule has 30 heavy (non-hydrogen) atoms. The number of carbonyl (C=O) groups excluding carboxylic acids is 2. The van der Waals surface area contributed by atoms with Gasteiger partial charge in [0, 0.05) is 0 Å². The van der Waals surface area contributed by atoms with Crippen molar-refractivity contribution in [2.24, 2.45) is 22.4 Å². The van der Waals surface area contributed by atoms with E-state index in [0.717, 1.165) is 17.2 Å². The highest BCUT2D eigenvalue weighted by atomic mass is 16.5. The van der Waals surface area contributed by atoms with Gasteiger partial charge in [-0.15, -0.1) is 13.2 Å². The number of carbonyl (C=O) groups is 2. The molecule has 0 spiro atoms. The highest BCUT2D eigenvalue weighted by Gasteiger charge is 2.48. The Morgan fingerprint density at radius 2 is 1.43 bits per heavy atom. The Labute approximate surface area is 175 Å². The van der Waals surface area contributed by atoms with Gasteiger partial charge in [-0.05, 0) is 11.1 Å². The molecule has 2 rings (SSSR count). The van der Waals surface area contributed by atoms with E-state index in [2.05, 4.69) is 18.2 Å². The van der Waals surface area contributed by atoms with Crippen LogP contribution in [0.15, 0.2) is 91.0 Å². The number of hydrogen-bond acceptors (Lipinski definition) is 5. The molecule has 0 saturated carbocycles. The molecular weight excluding hydrogens is 382 g/mol. The van der Waals surface area contributed by atoms with E-state index >= 15 is 0 Å². The molecule has 0 radical (unpaired) electrons. The Morgan fingerprint density at radius 3 is 1.87 bits per heavy atom. The van der Waals surface area contributed by atoms with E-state index < -0.39 is 29.4 Å². The number of benzene rings is 2. The molecule has 156 valence electrons. The zero-order valence-electron chi connectivity index (χ0n) is 16.6. The molecule has 0 bridgehead atoms. The number of esters is 2. The van der Waals surface area contributed by atoms with Gasteiger partial charge in [-0.2, -0.15) is 0 Å². The molecule has 0 aliphatic carbocycles. The van der Waals surface area contributed by atoms with E-state index in [1.165, 1.54) is 6.08 Å². The quantitative estimate of drug-likeness (QED) is 0.270. The Hall–Kier alpha value is -3.87. The van der Waals surface area contributed by atoms with Gasteiger partial charge in [-0.25, -0.2) is 9.79 Å². The second-order valence-electron chi connectivity index (χ2n) is 6.43. The highest BCUT2D eigenvalue weighted by molar-refractivity contribution is 5.94. The number of nitrogens with two attached hydrogens (primary N) is 2.